The molecule has 1 N–H and O–H groups in total. The molecule has 0 radical (unpaired) electrons. The Bertz CT molecular complexity index is 1030. The predicted molar refractivity (Wildman–Crippen MR) is 118 cm³/mol. The summed E-state index contributed by atoms with van der Waals surface area (Å²) in [5.41, 5.74) is 0.272. The molecule has 15 nitrogen and oxygen atoms in total. The van der Waals surface area contributed by atoms with Crippen LogP contribution in [-0.4, -0.2) is 72.1 Å². The number of rotatable bonds is 9. The van der Waals surface area contributed by atoms with E-state index in [4.69, 9.17) is 28.4 Å². The van der Waals surface area contributed by atoms with Gasteiger partial charge in [-0.15, -0.1) is 0 Å². The Hall–Kier alpha value is -4.27. The van der Waals surface area contributed by atoms with Crippen LogP contribution in [0.15, 0.2) is 24.3 Å². The lowest BCUT2D eigenvalue weighted by Crippen LogP contribution is -2.67. The molecule has 15 heteroatoms. The van der Waals surface area contributed by atoms with Gasteiger partial charge in [0.2, 0.25) is 6.29 Å². The summed E-state index contributed by atoms with van der Waals surface area (Å²) >= 11 is 0. The molecule has 2 rings (SSSR count). The fourth-order valence-corrected chi connectivity index (χ4v) is 3.36. The molecule has 1 aromatic rings. The molecule has 1 amide bonds. The highest BCUT2D eigenvalue weighted by atomic mass is 16.7. The summed E-state index contributed by atoms with van der Waals surface area (Å²) in [6.07, 6.45) is -6.71. The average Bonchev–Trinajstić information content (AvgIpc) is 2.79. The quantitative estimate of drug-likeness (QED) is 0.206. The van der Waals surface area contributed by atoms with Crippen LogP contribution >= 0.6 is 0 Å². The number of carbonyl (C=O) groups is 5. The Balaban J connectivity index is 2.28. The van der Waals surface area contributed by atoms with Crippen LogP contribution in [0.2, 0.25) is 0 Å². The number of benzene rings is 1. The number of nitrogens with zero attached hydrogens (tertiary/aromatic N) is 1. The van der Waals surface area contributed by atoms with E-state index in [-0.39, 0.29) is 12.3 Å². The van der Waals surface area contributed by atoms with Gasteiger partial charge >= 0.3 is 30.0 Å². The second-order valence-electron chi connectivity index (χ2n) is 7.77. The van der Waals surface area contributed by atoms with E-state index in [1.165, 1.54) is 24.3 Å². The Morgan fingerprint density at radius 3 is 1.95 bits per heavy atom. The van der Waals surface area contributed by atoms with Crippen molar-refractivity contribution in [2.24, 2.45) is 0 Å². The normalized spacial score (nSPS) is 22.6. The molecule has 0 bridgehead atoms. The maximum atomic E-state index is 12.6. The van der Waals surface area contributed by atoms with Gasteiger partial charge in [-0.1, -0.05) is 0 Å². The summed E-state index contributed by atoms with van der Waals surface area (Å²) < 4.78 is 31.4. The Morgan fingerprint density at radius 1 is 0.865 bits per heavy atom. The monoisotopic (exact) mass is 526 g/mol. The van der Waals surface area contributed by atoms with Gasteiger partial charge in [0.15, 0.2) is 12.2 Å². The lowest BCUT2D eigenvalue weighted by Gasteiger charge is -2.44. The first-order chi connectivity index (χ1) is 17.4. The fraction of sp³-hybridized carbons (Fsp3) is 0.500. The molecule has 5 atom stereocenters. The SMILES string of the molecule is CC(=O)OC[C@H]1O[C@@H](OC(C)=O)[C@H](NC(=O)OCc2ccc([N+](=O)[O-])cc2)[C@@H](OC(C)=O)[C@H]1OC(C)=O. The van der Waals surface area contributed by atoms with Crippen molar-refractivity contribution < 1.29 is 57.3 Å². The zero-order valence-electron chi connectivity index (χ0n) is 20.4. The first-order valence-corrected chi connectivity index (χ1v) is 10.8. The third-order valence-corrected chi connectivity index (χ3v) is 4.78. The van der Waals surface area contributed by atoms with Crippen LogP contribution in [0.25, 0.3) is 0 Å². The van der Waals surface area contributed by atoms with E-state index >= 15 is 0 Å². The molecular formula is C22H26N2O13. The molecule has 1 saturated heterocycles. The van der Waals surface area contributed by atoms with Crippen LogP contribution in [0.3, 0.4) is 0 Å². The number of ether oxygens (including phenoxy) is 6. The fourth-order valence-electron chi connectivity index (χ4n) is 3.36. The standard InChI is InChI=1S/C22H26N2O13/c1-11(25)32-10-17-19(34-12(2)26)20(35-13(3)27)18(21(37-17)36-14(4)28)23-22(29)33-9-15-5-7-16(8-6-15)24(30)31/h5-8,17-21H,9-10H2,1-4H3,(H,23,29)/t17-,18-,19+,20-,21-/m1/s1. The molecule has 0 unspecified atom stereocenters. The van der Waals surface area contributed by atoms with Crippen molar-refractivity contribution in [3.63, 3.8) is 0 Å². The highest BCUT2D eigenvalue weighted by Crippen LogP contribution is 2.28. The maximum absolute atomic E-state index is 12.6. The van der Waals surface area contributed by atoms with Crippen LogP contribution in [0.5, 0.6) is 0 Å². The van der Waals surface area contributed by atoms with E-state index in [1.54, 1.807) is 0 Å². The van der Waals surface area contributed by atoms with Gasteiger partial charge in [-0.2, -0.15) is 0 Å². The lowest BCUT2D eigenvalue weighted by molar-refractivity contribution is -0.384. The summed E-state index contributed by atoms with van der Waals surface area (Å²) in [5, 5.41) is 13.1. The number of hydrogen-bond acceptors (Lipinski definition) is 13. The van der Waals surface area contributed by atoms with Gasteiger partial charge in [0.25, 0.3) is 5.69 Å². The molecule has 37 heavy (non-hydrogen) atoms. The van der Waals surface area contributed by atoms with Gasteiger partial charge in [0.05, 0.1) is 4.92 Å². The maximum Gasteiger partial charge on any atom is 0.408 e. The molecule has 0 spiro atoms. The predicted octanol–water partition coefficient (Wildman–Crippen LogP) is 0.904. The number of non-ortho nitro benzene ring substituents is 1. The third-order valence-electron chi connectivity index (χ3n) is 4.78. The van der Waals surface area contributed by atoms with Crippen LogP contribution in [0, 0.1) is 10.1 Å². The van der Waals surface area contributed by atoms with E-state index < -0.39 is 72.1 Å². The second-order valence-corrected chi connectivity index (χ2v) is 7.77. The minimum Gasteiger partial charge on any atom is -0.463 e. The average molecular weight is 526 g/mol. The number of nitrogens with one attached hydrogen (secondary N) is 1. The van der Waals surface area contributed by atoms with E-state index in [1.807, 2.05) is 0 Å². The van der Waals surface area contributed by atoms with Crippen LogP contribution in [-0.2, 0) is 54.2 Å². The number of hydrogen-bond donors (Lipinski definition) is 1. The summed E-state index contributed by atoms with van der Waals surface area (Å²) in [4.78, 5) is 69.5. The van der Waals surface area contributed by atoms with Crippen molar-refractivity contribution >= 4 is 35.7 Å². The number of alkyl carbamates (subject to hydrolysis) is 1. The van der Waals surface area contributed by atoms with Crippen LogP contribution in [0.1, 0.15) is 33.3 Å². The smallest absolute Gasteiger partial charge is 0.408 e. The van der Waals surface area contributed by atoms with Crippen molar-refractivity contribution in [3.05, 3.63) is 39.9 Å². The molecule has 0 aliphatic carbocycles. The largest absolute Gasteiger partial charge is 0.463 e. The number of nitro groups is 1. The number of nitro benzene ring substituents is 1. The Labute approximate surface area is 210 Å². The van der Waals surface area contributed by atoms with Gasteiger partial charge in [0, 0.05) is 39.8 Å². The molecule has 1 aromatic carbocycles. The van der Waals surface area contributed by atoms with Crippen molar-refractivity contribution in [2.45, 2.75) is 64.9 Å². The van der Waals surface area contributed by atoms with Gasteiger partial charge < -0.3 is 33.7 Å². The van der Waals surface area contributed by atoms with Crippen molar-refractivity contribution in [3.8, 4) is 0 Å². The van der Waals surface area contributed by atoms with Crippen LogP contribution in [0.4, 0.5) is 10.5 Å². The van der Waals surface area contributed by atoms with Gasteiger partial charge in [-0.25, -0.2) is 4.79 Å². The molecule has 1 fully saturated rings. The minimum absolute atomic E-state index is 0.152. The highest BCUT2D eigenvalue weighted by molar-refractivity contribution is 5.70. The zero-order chi connectivity index (χ0) is 27.7. The Morgan fingerprint density at radius 2 is 1.43 bits per heavy atom. The topological polar surface area (TPSA) is 196 Å². The molecular weight excluding hydrogens is 500 g/mol. The number of amides is 1. The highest BCUT2D eigenvalue weighted by Gasteiger charge is 2.52. The van der Waals surface area contributed by atoms with Crippen LogP contribution < -0.4 is 5.32 Å². The Kier molecular flexibility index (Phi) is 10.3. The van der Waals surface area contributed by atoms with Gasteiger partial charge in [-0.05, 0) is 17.7 Å². The first kappa shape index (κ1) is 29.0. The molecule has 1 aliphatic rings. The third kappa shape index (κ3) is 9.03. The second kappa shape index (κ2) is 13.2. The van der Waals surface area contributed by atoms with Gasteiger partial charge in [0.1, 0.15) is 25.4 Å². The summed E-state index contributed by atoms with van der Waals surface area (Å²) in [6.45, 7) is 3.57. The van der Waals surface area contributed by atoms with Crippen molar-refractivity contribution in [1.82, 2.24) is 5.32 Å². The van der Waals surface area contributed by atoms with E-state index in [2.05, 4.69) is 5.32 Å². The van der Waals surface area contributed by atoms with Crippen molar-refractivity contribution in [2.75, 3.05) is 6.61 Å². The molecule has 1 aliphatic heterocycles. The molecule has 0 saturated carbocycles. The molecule has 0 aromatic heterocycles. The minimum atomic E-state index is -1.57. The molecule has 202 valence electrons. The lowest BCUT2D eigenvalue weighted by atomic mass is 9.96. The van der Waals surface area contributed by atoms with E-state index in [0.717, 1.165) is 27.7 Å². The summed E-state index contributed by atoms with van der Waals surface area (Å²) in [5.74, 6) is -3.14. The number of carbonyl (C=O) groups excluding carboxylic acids is 5. The summed E-state index contributed by atoms with van der Waals surface area (Å²) in [6, 6.07) is 3.80. The molecule has 1 heterocycles. The summed E-state index contributed by atoms with van der Waals surface area (Å²) in [7, 11) is 0. The number of esters is 4. The van der Waals surface area contributed by atoms with Gasteiger partial charge in [-0.3, -0.25) is 29.3 Å². The van der Waals surface area contributed by atoms with E-state index in [9.17, 15) is 34.1 Å². The van der Waals surface area contributed by atoms with Crippen molar-refractivity contribution in [1.29, 1.82) is 0 Å². The first-order valence-electron chi connectivity index (χ1n) is 10.8. The zero-order valence-corrected chi connectivity index (χ0v) is 20.4. The van der Waals surface area contributed by atoms with E-state index in [0.29, 0.717) is 5.56 Å².